The maximum atomic E-state index is 14.8. The zero-order valence-electron chi connectivity index (χ0n) is 45.1. The maximum Gasteiger partial charge on any atom is 0.198 e. The summed E-state index contributed by atoms with van der Waals surface area (Å²) in [6, 6.07) is 71.0. The number of allylic oxidation sites excluding steroid dienone is 6. The molecule has 0 N–H and O–H groups in total. The van der Waals surface area contributed by atoms with Gasteiger partial charge in [0.2, 0.25) is 0 Å². The third kappa shape index (κ3) is 7.67. The van der Waals surface area contributed by atoms with Crippen molar-refractivity contribution in [2.24, 2.45) is 0 Å². The summed E-state index contributed by atoms with van der Waals surface area (Å²) in [6.45, 7) is 0. The predicted molar refractivity (Wildman–Crippen MR) is 343 cm³/mol. The highest BCUT2D eigenvalue weighted by Gasteiger charge is 2.42. The lowest BCUT2D eigenvalue weighted by Crippen LogP contribution is -2.22. The van der Waals surface area contributed by atoms with Crippen LogP contribution < -0.4 is 19.6 Å². The van der Waals surface area contributed by atoms with Crippen LogP contribution in [0.5, 0.6) is 0 Å². The Morgan fingerprint density at radius 2 is 0.709 bits per heavy atom. The van der Waals surface area contributed by atoms with E-state index in [4.69, 9.17) is 19.9 Å². The number of hydrogen-bond acceptors (Lipinski definition) is 14. The first-order valence-corrected chi connectivity index (χ1v) is 29.5. The third-order valence-corrected chi connectivity index (χ3v) is 18.3. The molecule has 2 aliphatic carbocycles. The van der Waals surface area contributed by atoms with Gasteiger partial charge in [-0.1, -0.05) is 138 Å². The zero-order valence-corrected chi connectivity index (χ0v) is 46.8. The molecule has 13 aromatic rings. The zero-order chi connectivity index (χ0) is 57.3. The molecule has 404 valence electrons. The van der Waals surface area contributed by atoms with Crippen molar-refractivity contribution in [1.82, 2.24) is 19.9 Å². The molecule has 10 aromatic carbocycles. The Hall–Kier alpha value is -11.3. The number of aromatic nitrogens is 4. The number of ketones is 4. The van der Waals surface area contributed by atoms with Crippen molar-refractivity contribution in [2.75, 3.05) is 19.6 Å². The van der Waals surface area contributed by atoms with Gasteiger partial charge in [0.15, 0.2) is 45.0 Å². The van der Waals surface area contributed by atoms with Crippen molar-refractivity contribution in [2.45, 2.75) is 0 Å². The summed E-state index contributed by atoms with van der Waals surface area (Å²) in [7, 11) is 0. The molecule has 3 aromatic heterocycles. The van der Waals surface area contributed by atoms with Gasteiger partial charge in [-0.3, -0.25) is 38.8 Å². The van der Waals surface area contributed by atoms with Crippen LogP contribution >= 0.6 is 22.7 Å². The van der Waals surface area contributed by atoms with E-state index in [-0.39, 0.29) is 34.3 Å². The molecule has 0 spiro atoms. The number of Topliss-reactive ketones (excluding diaryl/α,β-unsaturated/α-hetero) is 4. The summed E-state index contributed by atoms with van der Waals surface area (Å²) in [5, 5.41) is 4.66. The van der Waals surface area contributed by atoms with E-state index in [9.17, 15) is 19.2 Å². The largest absolute Gasteiger partial charge is 0.294 e. The number of carbonyl (C=O) groups is 4. The van der Waals surface area contributed by atoms with Gasteiger partial charge in [0.1, 0.15) is 11.6 Å². The molecule has 0 saturated heterocycles. The molecule has 12 nitrogen and oxygen atoms in total. The van der Waals surface area contributed by atoms with Gasteiger partial charge < -0.3 is 0 Å². The van der Waals surface area contributed by atoms with Crippen molar-refractivity contribution >= 4 is 143 Å². The number of benzene rings is 10. The molecule has 86 heavy (non-hydrogen) atoms. The summed E-state index contributed by atoms with van der Waals surface area (Å²) in [5.74, 6) is 0.986. The molecule has 17 rings (SSSR count). The molecule has 0 unspecified atom stereocenters. The average molecular weight is 1150 g/mol. The van der Waals surface area contributed by atoms with Gasteiger partial charge in [-0.25, -0.2) is 19.9 Å². The molecule has 0 bridgehead atoms. The van der Waals surface area contributed by atoms with Crippen LogP contribution in [0, 0.1) is 0 Å². The van der Waals surface area contributed by atoms with Gasteiger partial charge >= 0.3 is 0 Å². The SMILES string of the molecule is O=C1C(=C/C=C2/N(c3ccccc3)c3ccc(-c4ccc5cc6c(cc5c4)C(=O)/C(=C\C=C4N(c5nc7ccccc7s5)c5nc7ccccc7nc5N4c4nc5ccccc5s4)C6=O)cc3N2c2ccccc2)C(=O)c2cc3ccccc3cc21. The number of thiazole rings is 2. The van der Waals surface area contributed by atoms with Gasteiger partial charge in [-0.05, 0) is 160 Å². The normalized spacial score (nSPS) is 15.4. The van der Waals surface area contributed by atoms with Gasteiger partial charge in [-0.15, -0.1) is 0 Å². The minimum atomic E-state index is -0.380. The van der Waals surface area contributed by atoms with E-state index in [1.807, 2.05) is 210 Å². The first-order valence-electron chi connectivity index (χ1n) is 27.8. The smallest absolute Gasteiger partial charge is 0.198 e. The Labute approximate surface area is 498 Å². The summed E-state index contributed by atoms with van der Waals surface area (Å²) < 4.78 is 1.96. The molecule has 0 saturated carbocycles. The van der Waals surface area contributed by atoms with Crippen LogP contribution in [-0.2, 0) is 0 Å². The van der Waals surface area contributed by atoms with Crippen LogP contribution in [0.3, 0.4) is 0 Å². The highest BCUT2D eigenvalue weighted by Crippen LogP contribution is 2.53. The second kappa shape index (κ2) is 19.1. The highest BCUT2D eigenvalue weighted by molar-refractivity contribution is 7.22. The molecular weight excluding hydrogens is 1100 g/mol. The van der Waals surface area contributed by atoms with E-state index in [0.717, 1.165) is 75.9 Å². The fraction of sp³-hybridized carbons (Fsp3) is 0. The summed E-state index contributed by atoms with van der Waals surface area (Å²) in [4.78, 5) is 86.5. The van der Waals surface area contributed by atoms with Crippen LogP contribution in [0.15, 0.2) is 265 Å². The van der Waals surface area contributed by atoms with E-state index >= 15 is 0 Å². The van der Waals surface area contributed by atoms with E-state index in [1.54, 1.807) is 18.2 Å². The van der Waals surface area contributed by atoms with Crippen molar-refractivity contribution in [3.63, 3.8) is 0 Å². The van der Waals surface area contributed by atoms with Crippen LogP contribution in [0.1, 0.15) is 41.4 Å². The topological polar surface area (TPSA) is 133 Å². The highest BCUT2D eigenvalue weighted by atomic mass is 32.1. The molecular formula is C72H40N8O4S2. The quantitative estimate of drug-likeness (QED) is 0.111. The molecule has 14 heteroatoms. The van der Waals surface area contributed by atoms with Crippen LogP contribution in [0.2, 0.25) is 0 Å². The van der Waals surface area contributed by atoms with Gasteiger partial charge in [0.25, 0.3) is 0 Å². The summed E-state index contributed by atoms with van der Waals surface area (Å²) >= 11 is 3.01. The lowest BCUT2D eigenvalue weighted by Gasteiger charge is -2.25. The number of fused-ring (bicyclic) bond motifs is 9. The second-order valence-electron chi connectivity index (χ2n) is 21.2. The molecule has 0 radical (unpaired) electrons. The van der Waals surface area contributed by atoms with Crippen molar-refractivity contribution in [3.8, 4) is 11.1 Å². The Balaban J connectivity index is 0.755. The standard InChI is InChI=1S/C72H40N8O4S2/c81-65-49(66(82)52-37-42-16-8-7-15-41(42)36-51(52)65)30-33-63-77(47-17-3-1-4-18-47)59-32-29-45(40-60(59)78(63)48-19-5-2-6-20-48)43-27-28-44-38-53-54(39-46(44)35-43)68(84)50(67(53)83)31-34-64-79(71-75-57-23-11-13-25-61(57)85-71)69-70(74-56-22-10-9-21-55(56)73-69)80(64)72-76-58-24-12-14-26-62(58)86-72/h1-40H/b50-31-,63-33-. The van der Waals surface area contributed by atoms with E-state index < -0.39 is 0 Å². The molecule has 2 aliphatic heterocycles. The average Bonchev–Trinajstić information content (AvgIpc) is 2.01. The molecule has 0 atom stereocenters. The van der Waals surface area contributed by atoms with Crippen molar-refractivity contribution < 1.29 is 19.2 Å². The Morgan fingerprint density at radius 3 is 1.21 bits per heavy atom. The van der Waals surface area contributed by atoms with E-state index in [1.165, 1.54) is 22.7 Å². The van der Waals surface area contributed by atoms with Crippen molar-refractivity contribution in [1.29, 1.82) is 0 Å². The van der Waals surface area contributed by atoms with Crippen LogP contribution in [0.4, 0.5) is 44.6 Å². The first-order chi connectivity index (χ1) is 42.3. The van der Waals surface area contributed by atoms with Gasteiger partial charge in [0.05, 0.1) is 54.0 Å². The summed E-state index contributed by atoms with van der Waals surface area (Å²) in [6.07, 6.45) is 6.94. The Morgan fingerprint density at radius 1 is 0.314 bits per heavy atom. The lowest BCUT2D eigenvalue weighted by atomic mass is 9.97. The fourth-order valence-corrected chi connectivity index (χ4v) is 14.1. The number of carbonyl (C=O) groups excluding carboxylic acids is 4. The van der Waals surface area contributed by atoms with E-state index in [0.29, 0.717) is 66.8 Å². The molecule has 5 heterocycles. The second-order valence-corrected chi connectivity index (χ2v) is 23.3. The lowest BCUT2D eigenvalue weighted by molar-refractivity contribution is 0.0973. The number of rotatable bonds is 7. The molecule has 4 aliphatic rings. The van der Waals surface area contributed by atoms with Crippen LogP contribution in [0.25, 0.3) is 64.1 Å². The number of nitrogens with zero attached hydrogens (tertiary/aromatic N) is 8. The monoisotopic (exact) mass is 1140 g/mol. The Kier molecular flexibility index (Phi) is 11.0. The minimum Gasteiger partial charge on any atom is -0.294 e. The van der Waals surface area contributed by atoms with Gasteiger partial charge in [0, 0.05) is 33.6 Å². The number of anilines is 8. The number of hydrogen-bond donors (Lipinski definition) is 0. The molecule has 0 amide bonds. The summed E-state index contributed by atoms with van der Waals surface area (Å²) in [5.41, 5.74) is 9.94. The fourth-order valence-electron chi connectivity index (χ4n) is 12.2. The van der Waals surface area contributed by atoms with E-state index in [2.05, 4.69) is 34.1 Å². The van der Waals surface area contributed by atoms with Gasteiger partial charge in [-0.2, -0.15) is 0 Å². The third-order valence-electron chi connectivity index (χ3n) is 16.3. The minimum absolute atomic E-state index is 0.0282. The first kappa shape index (κ1) is 49.3. The Bertz CT molecular complexity index is 5070. The maximum absolute atomic E-state index is 14.8. The number of para-hydroxylation sites is 6. The van der Waals surface area contributed by atoms with Crippen LogP contribution in [-0.4, -0.2) is 43.1 Å². The van der Waals surface area contributed by atoms with Crippen molar-refractivity contribution in [3.05, 3.63) is 288 Å². The predicted octanol–water partition coefficient (Wildman–Crippen LogP) is 17.1. The molecule has 0 fully saturated rings.